The molecular formula is C76H58B2N2O2. The molecule has 13 aromatic rings. The van der Waals surface area contributed by atoms with E-state index < -0.39 is 0 Å². The molecule has 6 heteroatoms. The molecule has 82 heavy (non-hydrogen) atoms. The number of benzene rings is 11. The summed E-state index contributed by atoms with van der Waals surface area (Å²) in [7, 11) is 0. The van der Waals surface area contributed by atoms with E-state index in [1.54, 1.807) is 0 Å². The van der Waals surface area contributed by atoms with Crippen molar-refractivity contribution in [1.29, 1.82) is 0 Å². The van der Waals surface area contributed by atoms with E-state index >= 15 is 0 Å². The summed E-state index contributed by atoms with van der Waals surface area (Å²) < 4.78 is 20.9. The predicted molar refractivity (Wildman–Crippen MR) is 346 cm³/mol. The molecule has 4 nitrogen and oxygen atoms in total. The van der Waals surface area contributed by atoms with Gasteiger partial charge in [-0.15, -0.1) is 0 Å². The lowest BCUT2D eigenvalue weighted by Crippen LogP contribution is -2.63. The summed E-state index contributed by atoms with van der Waals surface area (Å²) in [5.41, 5.74) is 31.2. The van der Waals surface area contributed by atoms with Crippen LogP contribution in [0.25, 0.3) is 99.5 Å². The quantitative estimate of drug-likeness (QED) is 0.155. The van der Waals surface area contributed by atoms with Crippen LogP contribution in [0, 0.1) is 27.7 Å². The lowest BCUT2D eigenvalue weighted by molar-refractivity contribution is 0.472. The zero-order chi connectivity index (χ0) is 55.1. The Bertz CT molecular complexity index is 4630. The summed E-state index contributed by atoms with van der Waals surface area (Å²) in [4.78, 5) is 0. The van der Waals surface area contributed by atoms with Gasteiger partial charge in [-0.1, -0.05) is 196 Å². The van der Waals surface area contributed by atoms with Gasteiger partial charge in [-0.25, -0.2) is 0 Å². The minimum atomic E-state index is -0.196. The zero-order valence-electron chi connectivity index (χ0n) is 47.5. The highest BCUT2D eigenvalue weighted by Gasteiger charge is 2.51. The second-order valence-corrected chi connectivity index (χ2v) is 24.7. The third kappa shape index (κ3) is 6.69. The molecule has 390 valence electrons. The SMILES string of the molecule is Cc1ccc(-c2ccc3c(c2)c2cc(-c4ccc(C)cc4)cc4c2n3-c2c3c5c(c6c2B4c2cc(C(C)C)ccc2O6)-n2c4ccc(-c6ccc(C)cc6)cc4c4cc(-c6ccc(C)cc6)cc(c42)B5c2cc(C(C)C)ccc2O3)cc1. The fourth-order valence-corrected chi connectivity index (χ4v) is 14.5. The number of fused-ring (bicyclic) bond motifs is 16. The van der Waals surface area contributed by atoms with Gasteiger partial charge in [0, 0.05) is 43.5 Å². The molecule has 4 aliphatic heterocycles. The van der Waals surface area contributed by atoms with Crippen LogP contribution in [0.15, 0.2) is 194 Å². The monoisotopic (exact) mass is 1050 g/mol. The van der Waals surface area contributed by atoms with E-state index in [4.69, 9.17) is 9.47 Å². The summed E-state index contributed by atoms with van der Waals surface area (Å²) in [6.45, 7) is 17.5. The Morgan fingerprint density at radius 1 is 0.317 bits per heavy atom. The number of rotatable bonds is 6. The largest absolute Gasteiger partial charge is 0.456 e. The Kier molecular flexibility index (Phi) is 9.94. The molecule has 0 saturated heterocycles. The molecule has 17 rings (SSSR count). The van der Waals surface area contributed by atoms with Crippen molar-refractivity contribution >= 4 is 89.8 Å². The molecule has 4 aliphatic rings. The minimum absolute atomic E-state index is 0.196. The van der Waals surface area contributed by atoms with Gasteiger partial charge in [0.2, 0.25) is 0 Å². The number of hydrogen-bond donors (Lipinski definition) is 0. The van der Waals surface area contributed by atoms with Crippen LogP contribution in [-0.2, 0) is 0 Å². The number of nitrogens with zero attached hydrogens (tertiary/aromatic N) is 2. The summed E-state index contributed by atoms with van der Waals surface area (Å²) >= 11 is 0. The maximum atomic E-state index is 7.88. The fourth-order valence-electron chi connectivity index (χ4n) is 14.5. The molecule has 0 saturated carbocycles. The molecule has 0 amide bonds. The van der Waals surface area contributed by atoms with Gasteiger partial charge >= 0.3 is 0 Å². The zero-order valence-corrected chi connectivity index (χ0v) is 47.5. The van der Waals surface area contributed by atoms with E-state index in [1.807, 2.05) is 0 Å². The lowest BCUT2D eigenvalue weighted by atomic mass is 9.31. The van der Waals surface area contributed by atoms with E-state index in [2.05, 4.69) is 259 Å². The molecule has 2 aromatic heterocycles. The van der Waals surface area contributed by atoms with Crippen molar-refractivity contribution in [2.24, 2.45) is 0 Å². The number of ether oxygens (including phenoxy) is 2. The summed E-state index contributed by atoms with van der Waals surface area (Å²) in [5, 5.41) is 4.88. The van der Waals surface area contributed by atoms with Gasteiger partial charge in [0.25, 0.3) is 13.4 Å². The first-order valence-electron chi connectivity index (χ1n) is 29.3. The number of aryl methyl sites for hydroxylation is 4. The highest BCUT2D eigenvalue weighted by molar-refractivity contribution is 7.02. The van der Waals surface area contributed by atoms with E-state index in [9.17, 15) is 0 Å². The number of hydrogen-bond acceptors (Lipinski definition) is 2. The summed E-state index contributed by atoms with van der Waals surface area (Å²) in [6.07, 6.45) is 0. The molecule has 0 bridgehead atoms. The van der Waals surface area contributed by atoms with Crippen molar-refractivity contribution in [2.45, 2.75) is 67.2 Å². The third-order valence-corrected chi connectivity index (χ3v) is 18.8. The van der Waals surface area contributed by atoms with Crippen LogP contribution < -0.4 is 42.3 Å². The molecule has 0 radical (unpaired) electrons. The van der Waals surface area contributed by atoms with Crippen LogP contribution in [0.2, 0.25) is 0 Å². The first-order valence-corrected chi connectivity index (χ1v) is 29.3. The molecule has 0 aliphatic carbocycles. The van der Waals surface area contributed by atoms with Crippen molar-refractivity contribution in [3.63, 3.8) is 0 Å². The van der Waals surface area contributed by atoms with E-state index in [0.717, 1.165) is 56.3 Å². The van der Waals surface area contributed by atoms with Crippen LogP contribution in [0.5, 0.6) is 23.0 Å². The summed E-state index contributed by atoms with van der Waals surface area (Å²) in [5.74, 6) is 4.21. The van der Waals surface area contributed by atoms with Gasteiger partial charge in [-0.3, -0.25) is 0 Å². The van der Waals surface area contributed by atoms with Gasteiger partial charge < -0.3 is 18.6 Å². The Morgan fingerprint density at radius 2 is 0.646 bits per heavy atom. The second kappa shape index (κ2) is 17.1. The van der Waals surface area contributed by atoms with Gasteiger partial charge in [0.05, 0.1) is 22.4 Å². The fraction of sp³-hybridized carbons (Fsp3) is 0.132. The van der Waals surface area contributed by atoms with Crippen molar-refractivity contribution in [1.82, 2.24) is 9.13 Å². The second-order valence-electron chi connectivity index (χ2n) is 24.7. The molecule has 0 unspecified atom stereocenters. The van der Waals surface area contributed by atoms with E-state index in [1.165, 1.54) is 132 Å². The van der Waals surface area contributed by atoms with Crippen LogP contribution >= 0.6 is 0 Å². The third-order valence-electron chi connectivity index (χ3n) is 18.8. The Morgan fingerprint density at radius 3 is 1.00 bits per heavy atom. The van der Waals surface area contributed by atoms with Gasteiger partial charge in [0.1, 0.15) is 23.0 Å². The Balaban J connectivity index is 1.06. The van der Waals surface area contributed by atoms with E-state index in [-0.39, 0.29) is 13.4 Å². The Labute approximate surface area is 479 Å². The smallest absolute Gasteiger partial charge is 0.256 e. The molecule has 0 spiro atoms. The standard InChI is InChI=1S/C76H58B2N2O2/c1-41(2)51-27-31-67-61(37-51)77-63-39-55(49-21-13-45(7)14-22-49)35-59-57-33-53(47-17-9-43(5)10-18-47)25-29-65(57)79(71(59)63)73-69(77)75(81-67)74-70-76(73)82-68-32-28-52(42(3)4)38-62(68)78(70)64-40-56(50-23-15-46(8)16-24-50)36-60-58-34-54(48-19-11-44(6)12-20-48)26-30-66(58)80(74)72(60)64/h9-42H,1-8H3. The highest BCUT2D eigenvalue weighted by atomic mass is 16.5. The van der Waals surface area contributed by atoms with Crippen molar-refractivity contribution in [3.05, 3.63) is 228 Å². The average molecular weight is 1050 g/mol. The van der Waals surface area contributed by atoms with Crippen LogP contribution in [-0.4, -0.2) is 22.6 Å². The normalized spacial score (nSPS) is 13.2. The van der Waals surface area contributed by atoms with Gasteiger partial charge in [-0.2, -0.15) is 0 Å². The van der Waals surface area contributed by atoms with Crippen LogP contribution in [0.4, 0.5) is 0 Å². The van der Waals surface area contributed by atoms with Crippen LogP contribution in [0.1, 0.15) is 72.9 Å². The molecule has 11 aromatic carbocycles. The van der Waals surface area contributed by atoms with Crippen LogP contribution in [0.3, 0.4) is 0 Å². The van der Waals surface area contributed by atoms with Crippen molar-refractivity contribution in [3.8, 4) is 78.9 Å². The predicted octanol–water partition coefficient (Wildman–Crippen LogP) is 15.9. The Hall–Kier alpha value is -9.25. The van der Waals surface area contributed by atoms with Gasteiger partial charge in [0.15, 0.2) is 0 Å². The van der Waals surface area contributed by atoms with E-state index in [0.29, 0.717) is 11.8 Å². The lowest BCUT2D eigenvalue weighted by Gasteiger charge is -2.41. The molecule has 0 fully saturated rings. The van der Waals surface area contributed by atoms with Crippen molar-refractivity contribution in [2.75, 3.05) is 0 Å². The molecule has 6 heterocycles. The van der Waals surface area contributed by atoms with Gasteiger partial charge in [-0.05, 0) is 166 Å². The first kappa shape index (κ1) is 47.5. The average Bonchev–Trinajstić information content (AvgIpc) is 2.65. The minimum Gasteiger partial charge on any atom is -0.456 e. The van der Waals surface area contributed by atoms with Crippen molar-refractivity contribution < 1.29 is 9.47 Å². The number of aromatic nitrogens is 2. The highest BCUT2D eigenvalue weighted by Crippen LogP contribution is 2.50. The molecule has 0 atom stereocenters. The maximum absolute atomic E-state index is 7.88. The topological polar surface area (TPSA) is 28.3 Å². The summed E-state index contributed by atoms with van der Waals surface area (Å²) in [6, 6.07) is 74.3. The molecule has 0 N–H and O–H groups in total. The first-order chi connectivity index (χ1) is 39.9. The molecular weight excluding hydrogens is 994 g/mol. The maximum Gasteiger partial charge on any atom is 0.256 e.